The van der Waals surface area contributed by atoms with Crippen LogP contribution in [-0.4, -0.2) is 41.4 Å². The van der Waals surface area contributed by atoms with Crippen LogP contribution in [0.15, 0.2) is 11.0 Å². The molecular weight excluding hydrogens is 276 g/mol. The number of aromatic nitrogens is 2. The molecule has 1 aliphatic carbocycles. The van der Waals surface area contributed by atoms with Gasteiger partial charge in [0.25, 0.3) is 5.56 Å². The van der Waals surface area contributed by atoms with Crippen LogP contribution in [-0.2, 0) is 6.54 Å². The van der Waals surface area contributed by atoms with E-state index in [0.717, 1.165) is 25.3 Å². The Kier molecular flexibility index (Phi) is 5.05. The van der Waals surface area contributed by atoms with E-state index in [0.29, 0.717) is 18.3 Å². The molecule has 1 aromatic rings. The molecule has 1 heterocycles. The second-order valence-electron chi connectivity index (χ2n) is 5.96. The van der Waals surface area contributed by atoms with Crippen LogP contribution >= 0.6 is 11.6 Å². The molecule has 1 saturated carbocycles. The van der Waals surface area contributed by atoms with Gasteiger partial charge in [0.1, 0.15) is 5.02 Å². The third-order valence-electron chi connectivity index (χ3n) is 3.80. The summed E-state index contributed by atoms with van der Waals surface area (Å²) in [5.74, 6) is 0.736. The van der Waals surface area contributed by atoms with Crippen molar-refractivity contribution in [2.24, 2.45) is 5.92 Å². The second kappa shape index (κ2) is 6.59. The molecule has 1 N–H and O–H groups in total. The Morgan fingerprint density at radius 3 is 2.85 bits per heavy atom. The molecule has 2 rings (SSSR count). The van der Waals surface area contributed by atoms with Crippen molar-refractivity contribution in [1.29, 1.82) is 0 Å². The van der Waals surface area contributed by atoms with E-state index in [-0.39, 0.29) is 10.6 Å². The summed E-state index contributed by atoms with van der Waals surface area (Å²) in [5.41, 5.74) is 0.446. The van der Waals surface area contributed by atoms with Gasteiger partial charge in [0.15, 0.2) is 0 Å². The van der Waals surface area contributed by atoms with Gasteiger partial charge >= 0.3 is 0 Å². The summed E-state index contributed by atoms with van der Waals surface area (Å²) in [4.78, 5) is 14.2. The lowest BCUT2D eigenvalue weighted by Gasteiger charge is -2.16. The lowest BCUT2D eigenvalue weighted by molar-refractivity contribution is 0.367. The molecule has 20 heavy (non-hydrogen) atoms. The van der Waals surface area contributed by atoms with Crippen molar-refractivity contribution in [2.75, 3.05) is 26.0 Å². The SMILES string of the molecule is CC1CCC(Nc2cnn(CCN(C)C)c(=O)c2Cl)C1. The first-order valence-electron chi connectivity index (χ1n) is 7.14. The molecule has 2 atom stereocenters. The summed E-state index contributed by atoms with van der Waals surface area (Å²) < 4.78 is 1.42. The molecule has 0 spiro atoms. The van der Waals surface area contributed by atoms with Crippen LogP contribution in [0.4, 0.5) is 5.69 Å². The van der Waals surface area contributed by atoms with Crippen molar-refractivity contribution in [2.45, 2.75) is 38.8 Å². The summed E-state index contributed by atoms with van der Waals surface area (Å²) in [6.45, 7) is 3.56. The number of hydrogen-bond donors (Lipinski definition) is 1. The number of nitrogens with zero attached hydrogens (tertiary/aromatic N) is 3. The zero-order valence-corrected chi connectivity index (χ0v) is 13.2. The van der Waals surface area contributed by atoms with Crippen LogP contribution in [0, 0.1) is 5.92 Å². The van der Waals surface area contributed by atoms with Crippen LogP contribution in [0.5, 0.6) is 0 Å². The van der Waals surface area contributed by atoms with Crippen LogP contribution in [0.25, 0.3) is 0 Å². The highest BCUT2D eigenvalue weighted by Crippen LogP contribution is 2.28. The molecule has 0 saturated heterocycles. The maximum Gasteiger partial charge on any atom is 0.287 e. The Balaban J connectivity index is 2.08. The predicted molar refractivity (Wildman–Crippen MR) is 82.5 cm³/mol. The smallest absolute Gasteiger partial charge is 0.287 e. The Bertz CT molecular complexity index is 514. The van der Waals surface area contributed by atoms with E-state index in [1.54, 1.807) is 6.20 Å². The fourth-order valence-electron chi connectivity index (χ4n) is 2.58. The molecule has 0 radical (unpaired) electrons. The fraction of sp³-hybridized carbons (Fsp3) is 0.714. The standard InChI is InChI=1S/C14H23ClN4O/c1-10-4-5-11(8-10)17-12-9-16-19(7-6-18(2)3)14(20)13(12)15/h9-11,17H,4-8H2,1-3H3. The zero-order chi connectivity index (χ0) is 14.7. The Morgan fingerprint density at radius 1 is 1.50 bits per heavy atom. The van der Waals surface area contributed by atoms with Crippen molar-refractivity contribution < 1.29 is 0 Å². The fourth-order valence-corrected chi connectivity index (χ4v) is 2.78. The minimum absolute atomic E-state index is 0.218. The van der Waals surface area contributed by atoms with Gasteiger partial charge in [0, 0.05) is 12.6 Å². The number of rotatable bonds is 5. The first kappa shape index (κ1) is 15.3. The van der Waals surface area contributed by atoms with Gasteiger partial charge in [-0.3, -0.25) is 4.79 Å². The number of likely N-dealkylation sites (N-methyl/N-ethyl adjacent to an activating group) is 1. The zero-order valence-electron chi connectivity index (χ0n) is 12.4. The highest BCUT2D eigenvalue weighted by atomic mass is 35.5. The highest BCUT2D eigenvalue weighted by Gasteiger charge is 2.22. The van der Waals surface area contributed by atoms with Gasteiger partial charge in [0.2, 0.25) is 0 Å². The minimum atomic E-state index is -0.218. The van der Waals surface area contributed by atoms with Crippen molar-refractivity contribution >= 4 is 17.3 Å². The van der Waals surface area contributed by atoms with Crippen LogP contribution in [0.3, 0.4) is 0 Å². The normalized spacial score (nSPS) is 22.4. The molecule has 1 aromatic heterocycles. The number of halogens is 1. The molecular formula is C14H23ClN4O. The van der Waals surface area contributed by atoms with Crippen LogP contribution < -0.4 is 10.9 Å². The molecule has 1 aliphatic rings. The predicted octanol–water partition coefficient (Wildman–Crippen LogP) is 2.06. The lowest BCUT2D eigenvalue weighted by Crippen LogP contribution is -2.30. The summed E-state index contributed by atoms with van der Waals surface area (Å²) in [6, 6.07) is 0.404. The summed E-state index contributed by atoms with van der Waals surface area (Å²) in [5, 5.41) is 7.81. The van der Waals surface area contributed by atoms with Gasteiger partial charge in [-0.15, -0.1) is 0 Å². The van der Waals surface area contributed by atoms with Crippen molar-refractivity contribution in [3.8, 4) is 0 Å². The topological polar surface area (TPSA) is 50.2 Å². The van der Waals surface area contributed by atoms with Gasteiger partial charge in [-0.25, -0.2) is 4.68 Å². The van der Waals surface area contributed by atoms with Crippen LogP contribution in [0.1, 0.15) is 26.2 Å². The van der Waals surface area contributed by atoms with E-state index in [9.17, 15) is 4.79 Å². The molecule has 0 bridgehead atoms. The Labute approximate surface area is 124 Å². The molecule has 5 nitrogen and oxygen atoms in total. The largest absolute Gasteiger partial charge is 0.380 e. The summed E-state index contributed by atoms with van der Waals surface area (Å²) in [7, 11) is 3.92. The van der Waals surface area contributed by atoms with E-state index in [2.05, 4.69) is 17.3 Å². The van der Waals surface area contributed by atoms with E-state index < -0.39 is 0 Å². The maximum absolute atomic E-state index is 12.2. The molecule has 112 valence electrons. The van der Waals surface area contributed by atoms with E-state index in [1.807, 2.05) is 19.0 Å². The van der Waals surface area contributed by atoms with Gasteiger partial charge in [-0.05, 0) is 39.3 Å². The number of nitrogens with one attached hydrogen (secondary N) is 1. The highest BCUT2D eigenvalue weighted by molar-refractivity contribution is 6.32. The van der Waals surface area contributed by atoms with Gasteiger partial charge < -0.3 is 10.2 Å². The average molecular weight is 299 g/mol. The van der Waals surface area contributed by atoms with Gasteiger partial charge in [-0.1, -0.05) is 18.5 Å². The lowest BCUT2D eigenvalue weighted by atomic mass is 10.1. The summed E-state index contributed by atoms with van der Waals surface area (Å²) in [6.07, 6.45) is 5.15. The van der Waals surface area contributed by atoms with Crippen molar-refractivity contribution in [3.05, 3.63) is 21.6 Å². The van der Waals surface area contributed by atoms with Crippen molar-refractivity contribution in [3.63, 3.8) is 0 Å². The molecule has 6 heteroatoms. The van der Waals surface area contributed by atoms with Crippen LogP contribution in [0.2, 0.25) is 5.02 Å². The first-order chi connectivity index (χ1) is 9.47. The van der Waals surface area contributed by atoms with E-state index >= 15 is 0 Å². The maximum atomic E-state index is 12.2. The Morgan fingerprint density at radius 2 is 2.25 bits per heavy atom. The molecule has 0 amide bonds. The van der Waals surface area contributed by atoms with E-state index in [1.165, 1.54) is 11.1 Å². The quantitative estimate of drug-likeness (QED) is 0.904. The van der Waals surface area contributed by atoms with E-state index in [4.69, 9.17) is 11.6 Å². The van der Waals surface area contributed by atoms with Gasteiger partial charge in [-0.2, -0.15) is 5.10 Å². The van der Waals surface area contributed by atoms with Gasteiger partial charge in [0.05, 0.1) is 18.4 Å². The first-order valence-corrected chi connectivity index (χ1v) is 7.52. The number of hydrogen-bond acceptors (Lipinski definition) is 4. The second-order valence-corrected chi connectivity index (χ2v) is 6.34. The average Bonchev–Trinajstić information content (AvgIpc) is 2.79. The number of anilines is 1. The minimum Gasteiger partial charge on any atom is -0.380 e. The summed E-state index contributed by atoms with van der Waals surface area (Å²) >= 11 is 6.18. The van der Waals surface area contributed by atoms with Crippen molar-refractivity contribution in [1.82, 2.24) is 14.7 Å². The third kappa shape index (κ3) is 3.73. The monoisotopic (exact) mass is 298 g/mol. The third-order valence-corrected chi connectivity index (χ3v) is 4.16. The molecule has 2 unspecified atom stereocenters. The Hall–Kier alpha value is -1.07. The molecule has 0 aromatic carbocycles. The molecule has 0 aliphatic heterocycles. The molecule has 1 fully saturated rings.